The van der Waals surface area contributed by atoms with Gasteiger partial charge in [-0.15, -0.1) is 0 Å². The van der Waals surface area contributed by atoms with E-state index in [4.69, 9.17) is 21.1 Å². The highest BCUT2D eigenvalue weighted by Gasteiger charge is 2.39. The first-order chi connectivity index (χ1) is 13.5. The number of carbonyl (C=O) groups is 3. The minimum absolute atomic E-state index is 0.0433. The molecule has 0 aromatic rings. The van der Waals surface area contributed by atoms with Gasteiger partial charge in [0, 0.05) is 31.1 Å². The molecule has 10 heteroatoms. The average Bonchev–Trinajstić information content (AvgIpc) is 3.02. The van der Waals surface area contributed by atoms with Crippen LogP contribution in [-0.4, -0.2) is 66.4 Å². The number of ether oxygens (including phenoxy) is 2. The number of Topliss-reactive ketones (excluding diaryl/α,β-unsaturated/α-hetero) is 1. The molecule has 1 amide bonds. The summed E-state index contributed by atoms with van der Waals surface area (Å²) in [5.41, 5.74) is -0.534. The Morgan fingerprint density at radius 2 is 2.03 bits per heavy atom. The topological polar surface area (TPSA) is 97.0 Å². The predicted molar refractivity (Wildman–Crippen MR) is 105 cm³/mol. The van der Waals surface area contributed by atoms with Crippen LogP contribution in [0.2, 0.25) is 0 Å². The molecule has 0 aliphatic carbocycles. The van der Waals surface area contributed by atoms with Crippen molar-refractivity contribution in [3.05, 3.63) is 10.7 Å². The first kappa shape index (κ1) is 23.4. The third-order valence-electron chi connectivity index (χ3n) is 4.56. The van der Waals surface area contributed by atoms with Gasteiger partial charge in [-0.25, -0.2) is 9.18 Å². The summed E-state index contributed by atoms with van der Waals surface area (Å²) in [6.45, 7) is 8.12. The van der Waals surface area contributed by atoms with Crippen LogP contribution in [0.25, 0.3) is 0 Å². The molecule has 0 saturated carbocycles. The smallest absolute Gasteiger partial charge is 0.407 e. The summed E-state index contributed by atoms with van der Waals surface area (Å²) < 4.78 is 24.8. The molecule has 0 aromatic carbocycles. The van der Waals surface area contributed by atoms with E-state index in [1.807, 2.05) is 4.90 Å². The van der Waals surface area contributed by atoms with Crippen molar-refractivity contribution in [1.29, 1.82) is 0 Å². The van der Waals surface area contributed by atoms with Gasteiger partial charge in [-0.3, -0.25) is 14.5 Å². The molecule has 2 rings (SSSR count). The van der Waals surface area contributed by atoms with Gasteiger partial charge in [-0.05, 0) is 34.1 Å². The van der Waals surface area contributed by atoms with Crippen molar-refractivity contribution in [3.63, 3.8) is 0 Å². The maximum absolute atomic E-state index is 14.8. The number of ketones is 1. The molecule has 2 heterocycles. The lowest BCUT2D eigenvalue weighted by Gasteiger charge is -2.35. The number of alkyl carbamates (subject to hydrolysis) is 1. The van der Waals surface area contributed by atoms with E-state index in [-0.39, 0.29) is 29.8 Å². The first-order valence-electron chi connectivity index (χ1n) is 9.71. The van der Waals surface area contributed by atoms with E-state index >= 15 is 0 Å². The van der Waals surface area contributed by atoms with Gasteiger partial charge in [0.15, 0.2) is 5.78 Å². The monoisotopic (exact) mass is 433 g/mol. The van der Waals surface area contributed by atoms with Crippen LogP contribution in [0.3, 0.4) is 0 Å². The zero-order chi connectivity index (χ0) is 21.8. The highest BCUT2D eigenvalue weighted by molar-refractivity contribution is 6.32. The molecule has 2 aliphatic rings. The van der Waals surface area contributed by atoms with Crippen molar-refractivity contribution in [1.82, 2.24) is 15.5 Å². The van der Waals surface area contributed by atoms with Crippen LogP contribution in [0, 0.1) is 0 Å². The van der Waals surface area contributed by atoms with Crippen molar-refractivity contribution >= 4 is 29.4 Å². The molecule has 164 valence electrons. The predicted octanol–water partition coefficient (Wildman–Crippen LogP) is 2.22. The fourth-order valence-corrected chi connectivity index (χ4v) is 3.64. The lowest BCUT2D eigenvalue weighted by Crippen LogP contribution is -2.53. The molecule has 29 heavy (non-hydrogen) atoms. The van der Waals surface area contributed by atoms with Crippen LogP contribution < -0.4 is 10.6 Å². The highest BCUT2D eigenvalue weighted by atomic mass is 35.5. The second kappa shape index (κ2) is 9.75. The zero-order valence-corrected chi connectivity index (χ0v) is 18.0. The van der Waals surface area contributed by atoms with Crippen LogP contribution in [0.4, 0.5) is 9.18 Å². The average molecular weight is 434 g/mol. The first-order valence-corrected chi connectivity index (χ1v) is 10.1. The number of nitrogens with zero attached hydrogens (tertiary/aromatic N) is 1. The molecule has 0 aromatic heterocycles. The molecular weight excluding hydrogens is 405 g/mol. The molecule has 1 fully saturated rings. The van der Waals surface area contributed by atoms with Crippen LogP contribution in [0.15, 0.2) is 10.7 Å². The van der Waals surface area contributed by atoms with E-state index < -0.39 is 42.2 Å². The summed E-state index contributed by atoms with van der Waals surface area (Å²) in [6, 6.07) is -0.173. The number of alkyl halides is 1. The molecule has 1 saturated heterocycles. The quantitative estimate of drug-likeness (QED) is 0.376. The van der Waals surface area contributed by atoms with Crippen molar-refractivity contribution in [2.75, 3.05) is 19.7 Å². The summed E-state index contributed by atoms with van der Waals surface area (Å²) >= 11 is 6.18. The second-order valence-electron chi connectivity index (χ2n) is 8.13. The SMILES string of the molecule is CCOC(=O)CC(=O)C1=C(Cl)NC(N2CC[C@H](NC(=O)OC(C)(C)C)C2)C(F)C1. The number of rotatable bonds is 6. The summed E-state index contributed by atoms with van der Waals surface area (Å²) in [6.07, 6.45) is -2.63. The summed E-state index contributed by atoms with van der Waals surface area (Å²) in [4.78, 5) is 37.5. The number of amides is 1. The van der Waals surface area contributed by atoms with Gasteiger partial charge in [0.1, 0.15) is 29.5 Å². The molecule has 2 unspecified atom stereocenters. The van der Waals surface area contributed by atoms with E-state index in [2.05, 4.69) is 10.6 Å². The van der Waals surface area contributed by atoms with Crippen LogP contribution >= 0.6 is 11.6 Å². The Labute approximate surface area is 175 Å². The fraction of sp³-hybridized carbons (Fsp3) is 0.737. The minimum Gasteiger partial charge on any atom is -0.466 e. The molecule has 0 radical (unpaired) electrons. The number of halogens is 2. The third kappa shape index (κ3) is 6.85. The largest absolute Gasteiger partial charge is 0.466 e. The Kier molecular flexibility index (Phi) is 7.87. The van der Waals surface area contributed by atoms with E-state index in [9.17, 15) is 18.8 Å². The van der Waals surface area contributed by atoms with Gasteiger partial charge in [-0.1, -0.05) is 11.6 Å². The third-order valence-corrected chi connectivity index (χ3v) is 4.90. The van der Waals surface area contributed by atoms with Gasteiger partial charge < -0.3 is 20.1 Å². The minimum atomic E-state index is -1.39. The Balaban J connectivity index is 1.93. The van der Waals surface area contributed by atoms with Crippen LogP contribution in [0.1, 0.15) is 47.0 Å². The Hall–Kier alpha value is -1.87. The highest BCUT2D eigenvalue weighted by Crippen LogP contribution is 2.28. The summed E-state index contributed by atoms with van der Waals surface area (Å²) in [5.74, 6) is -1.21. The molecular formula is C19H29ClFN3O5. The number of hydrogen-bond acceptors (Lipinski definition) is 7. The molecule has 2 N–H and O–H groups in total. The lowest BCUT2D eigenvalue weighted by molar-refractivity contribution is -0.145. The number of esters is 1. The number of likely N-dealkylation sites (tertiary alicyclic amines) is 1. The molecule has 0 bridgehead atoms. The van der Waals surface area contributed by atoms with Crippen molar-refractivity contribution in [3.8, 4) is 0 Å². The van der Waals surface area contributed by atoms with E-state index in [0.717, 1.165) is 0 Å². The standard InChI is InChI=1S/C19H29ClFN3O5/c1-5-28-15(26)9-14(25)12-8-13(21)17(23-16(12)20)24-7-6-11(10-24)22-18(27)29-19(2,3)4/h11,13,17,23H,5-10H2,1-4H3,(H,22,27)/t11-,13?,17?/m0/s1. The molecule has 3 atom stereocenters. The van der Waals surface area contributed by atoms with Crippen LogP contribution in [0.5, 0.6) is 0 Å². The van der Waals surface area contributed by atoms with Crippen molar-refractivity contribution < 1.29 is 28.2 Å². The normalized spacial score (nSPS) is 25.4. The van der Waals surface area contributed by atoms with Gasteiger partial charge in [0.05, 0.1) is 6.61 Å². The number of carbonyl (C=O) groups excluding carboxylic acids is 3. The van der Waals surface area contributed by atoms with E-state index in [1.54, 1.807) is 27.7 Å². The summed E-state index contributed by atoms with van der Waals surface area (Å²) in [7, 11) is 0. The summed E-state index contributed by atoms with van der Waals surface area (Å²) in [5, 5.41) is 5.67. The van der Waals surface area contributed by atoms with Crippen LogP contribution in [-0.2, 0) is 19.1 Å². The Morgan fingerprint density at radius 1 is 1.34 bits per heavy atom. The van der Waals surface area contributed by atoms with Gasteiger partial charge in [0.25, 0.3) is 0 Å². The number of nitrogens with one attached hydrogen (secondary N) is 2. The second-order valence-corrected chi connectivity index (χ2v) is 8.51. The molecule has 8 nitrogen and oxygen atoms in total. The van der Waals surface area contributed by atoms with Gasteiger partial charge >= 0.3 is 12.1 Å². The van der Waals surface area contributed by atoms with E-state index in [0.29, 0.717) is 19.5 Å². The molecule has 2 aliphatic heterocycles. The number of hydrogen-bond donors (Lipinski definition) is 2. The Morgan fingerprint density at radius 3 is 2.66 bits per heavy atom. The zero-order valence-electron chi connectivity index (χ0n) is 17.2. The van der Waals surface area contributed by atoms with Gasteiger partial charge in [0.2, 0.25) is 0 Å². The maximum atomic E-state index is 14.8. The van der Waals surface area contributed by atoms with Gasteiger partial charge in [-0.2, -0.15) is 0 Å². The molecule has 0 spiro atoms. The Bertz CT molecular complexity index is 679. The lowest BCUT2D eigenvalue weighted by atomic mass is 9.98. The van der Waals surface area contributed by atoms with Crippen molar-refractivity contribution in [2.24, 2.45) is 0 Å². The fourth-order valence-electron chi connectivity index (χ4n) is 3.34. The van der Waals surface area contributed by atoms with Crippen molar-refractivity contribution in [2.45, 2.75) is 70.9 Å². The maximum Gasteiger partial charge on any atom is 0.407 e. The number of allylic oxidation sites excluding steroid dienone is 1. The van der Waals surface area contributed by atoms with E-state index in [1.165, 1.54) is 0 Å².